The van der Waals surface area contributed by atoms with Gasteiger partial charge in [-0.05, 0) is 56.2 Å². The first-order valence-corrected chi connectivity index (χ1v) is 8.73. The molecule has 0 heterocycles. The van der Waals surface area contributed by atoms with Crippen LogP contribution in [0, 0.1) is 0 Å². The monoisotopic (exact) mass is 366 g/mol. The number of hydrogen-bond donors (Lipinski definition) is 0. The number of allylic oxidation sites excluding steroid dienone is 3. The van der Waals surface area contributed by atoms with E-state index in [1.165, 1.54) is 5.57 Å². The van der Waals surface area contributed by atoms with Gasteiger partial charge in [0.2, 0.25) is 0 Å². The second-order valence-electron chi connectivity index (χ2n) is 6.28. The molecule has 4 heteroatoms. The van der Waals surface area contributed by atoms with Gasteiger partial charge in [-0.1, -0.05) is 29.9 Å². The van der Waals surface area contributed by atoms with Gasteiger partial charge in [0.25, 0.3) is 0 Å². The Morgan fingerprint density at radius 1 is 0.926 bits per heavy atom. The third kappa shape index (κ3) is 5.23. The van der Waals surface area contributed by atoms with E-state index in [1.54, 1.807) is 39.5 Å². The van der Waals surface area contributed by atoms with Gasteiger partial charge in [-0.3, -0.25) is 4.79 Å². The number of benzene rings is 2. The fourth-order valence-electron chi connectivity index (χ4n) is 2.70. The number of ether oxygens (including phenoxy) is 3. The topological polar surface area (TPSA) is 44.8 Å². The molecule has 2 rings (SSSR count). The maximum Gasteiger partial charge on any atom is 0.189 e. The van der Waals surface area contributed by atoms with Crippen LogP contribution in [0.4, 0.5) is 0 Å². The predicted molar refractivity (Wildman–Crippen MR) is 109 cm³/mol. The Bertz CT molecular complexity index is 841. The average molecular weight is 366 g/mol. The molecule has 0 atom stereocenters. The van der Waals surface area contributed by atoms with Crippen LogP contribution in [0.15, 0.2) is 54.1 Å². The molecule has 0 fully saturated rings. The fraction of sp³-hybridized carbons (Fsp3) is 0.261. The molecule has 0 aromatic heterocycles. The van der Waals surface area contributed by atoms with Crippen molar-refractivity contribution in [2.75, 3.05) is 21.3 Å². The van der Waals surface area contributed by atoms with E-state index in [0.717, 1.165) is 16.9 Å². The van der Waals surface area contributed by atoms with Gasteiger partial charge in [-0.2, -0.15) is 0 Å². The molecule has 2 aromatic rings. The van der Waals surface area contributed by atoms with Crippen molar-refractivity contribution in [2.24, 2.45) is 0 Å². The molecule has 0 aliphatic carbocycles. The lowest BCUT2D eigenvalue weighted by Gasteiger charge is -2.15. The van der Waals surface area contributed by atoms with Crippen LogP contribution < -0.4 is 14.2 Å². The van der Waals surface area contributed by atoms with Gasteiger partial charge in [0.05, 0.1) is 26.9 Å². The van der Waals surface area contributed by atoms with Crippen LogP contribution in [-0.2, 0) is 6.42 Å². The van der Waals surface area contributed by atoms with Crippen molar-refractivity contribution < 1.29 is 19.0 Å². The first kappa shape index (κ1) is 20.3. The summed E-state index contributed by atoms with van der Waals surface area (Å²) in [5, 5.41) is 0. The van der Waals surface area contributed by atoms with Crippen LogP contribution in [0.3, 0.4) is 0 Å². The standard InChI is InChI=1S/C23H26O4/c1-16(2)6-12-20-22(26-4)15-13-19(23(20)27-5)21(24)14-9-17-7-10-18(25-3)11-8-17/h6-11,13-15H,12H2,1-5H3/b14-9+. The molecule has 0 aliphatic rings. The maximum absolute atomic E-state index is 12.8. The molecule has 0 amide bonds. The lowest BCUT2D eigenvalue weighted by atomic mass is 10.00. The van der Waals surface area contributed by atoms with Crippen LogP contribution in [0.2, 0.25) is 0 Å². The van der Waals surface area contributed by atoms with Crippen LogP contribution in [-0.4, -0.2) is 27.1 Å². The van der Waals surface area contributed by atoms with Crippen molar-refractivity contribution in [2.45, 2.75) is 20.3 Å². The van der Waals surface area contributed by atoms with Crippen LogP contribution in [0.1, 0.15) is 35.3 Å². The zero-order valence-electron chi connectivity index (χ0n) is 16.5. The molecular formula is C23H26O4. The lowest BCUT2D eigenvalue weighted by Crippen LogP contribution is -2.04. The Hall–Kier alpha value is -3.01. The maximum atomic E-state index is 12.8. The predicted octanol–water partition coefficient (Wildman–Crippen LogP) is 5.12. The highest BCUT2D eigenvalue weighted by Crippen LogP contribution is 2.33. The second kappa shape index (κ2) is 9.62. The Morgan fingerprint density at radius 3 is 2.19 bits per heavy atom. The average Bonchev–Trinajstić information content (AvgIpc) is 2.69. The zero-order valence-corrected chi connectivity index (χ0v) is 16.5. The molecule has 2 aromatic carbocycles. The summed E-state index contributed by atoms with van der Waals surface area (Å²) < 4.78 is 16.2. The van der Waals surface area contributed by atoms with Crippen molar-refractivity contribution in [3.63, 3.8) is 0 Å². The van der Waals surface area contributed by atoms with Gasteiger partial charge in [0.15, 0.2) is 5.78 Å². The highest BCUT2D eigenvalue weighted by molar-refractivity contribution is 6.09. The quantitative estimate of drug-likeness (QED) is 0.370. The summed E-state index contributed by atoms with van der Waals surface area (Å²) in [5.41, 5.74) is 3.49. The van der Waals surface area contributed by atoms with Crippen molar-refractivity contribution in [1.82, 2.24) is 0 Å². The van der Waals surface area contributed by atoms with E-state index in [9.17, 15) is 4.79 Å². The van der Waals surface area contributed by atoms with E-state index in [1.807, 2.05) is 44.2 Å². The molecule has 0 aliphatic heterocycles. The van der Waals surface area contributed by atoms with Crippen molar-refractivity contribution in [1.29, 1.82) is 0 Å². The first-order chi connectivity index (χ1) is 13.0. The molecule has 0 unspecified atom stereocenters. The van der Waals surface area contributed by atoms with Gasteiger partial charge in [0.1, 0.15) is 17.2 Å². The molecule has 0 saturated heterocycles. The van der Waals surface area contributed by atoms with E-state index >= 15 is 0 Å². The van der Waals surface area contributed by atoms with Gasteiger partial charge in [0, 0.05) is 5.56 Å². The Labute approximate surface area is 161 Å². The largest absolute Gasteiger partial charge is 0.497 e. The van der Waals surface area contributed by atoms with Crippen LogP contribution in [0.25, 0.3) is 6.08 Å². The molecule has 0 spiro atoms. The second-order valence-corrected chi connectivity index (χ2v) is 6.28. The summed E-state index contributed by atoms with van der Waals surface area (Å²) in [6, 6.07) is 11.1. The van der Waals surface area contributed by atoms with Gasteiger partial charge >= 0.3 is 0 Å². The Morgan fingerprint density at radius 2 is 1.63 bits per heavy atom. The van der Waals surface area contributed by atoms with E-state index in [-0.39, 0.29) is 5.78 Å². The van der Waals surface area contributed by atoms with E-state index in [0.29, 0.717) is 23.5 Å². The zero-order chi connectivity index (χ0) is 19.8. The smallest absolute Gasteiger partial charge is 0.189 e. The van der Waals surface area contributed by atoms with Crippen molar-refractivity contribution in [3.8, 4) is 17.2 Å². The van der Waals surface area contributed by atoms with Gasteiger partial charge in [-0.25, -0.2) is 0 Å². The summed E-state index contributed by atoms with van der Waals surface area (Å²) in [6.45, 7) is 4.07. The van der Waals surface area contributed by atoms with E-state index < -0.39 is 0 Å². The summed E-state index contributed by atoms with van der Waals surface area (Å²) in [4.78, 5) is 12.8. The van der Waals surface area contributed by atoms with Gasteiger partial charge in [-0.15, -0.1) is 0 Å². The summed E-state index contributed by atoms with van der Waals surface area (Å²) >= 11 is 0. The Balaban J connectivity index is 2.35. The molecule has 142 valence electrons. The first-order valence-electron chi connectivity index (χ1n) is 8.73. The Kier molecular flexibility index (Phi) is 7.24. The molecule has 0 radical (unpaired) electrons. The highest BCUT2D eigenvalue weighted by Gasteiger charge is 2.17. The minimum Gasteiger partial charge on any atom is -0.497 e. The number of rotatable bonds is 8. The lowest BCUT2D eigenvalue weighted by molar-refractivity contribution is 0.104. The van der Waals surface area contributed by atoms with E-state index in [4.69, 9.17) is 14.2 Å². The van der Waals surface area contributed by atoms with Crippen LogP contribution in [0.5, 0.6) is 17.2 Å². The summed E-state index contributed by atoms with van der Waals surface area (Å²) in [6.07, 6.45) is 6.05. The third-order valence-electron chi connectivity index (χ3n) is 4.16. The number of ketones is 1. The molecule has 27 heavy (non-hydrogen) atoms. The summed E-state index contributed by atoms with van der Waals surface area (Å²) in [5.74, 6) is 1.92. The summed E-state index contributed by atoms with van der Waals surface area (Å²) in [7, 11) is 4.81. The number of hydrogen-bond acceptors (Lipinski definition) is 4. The molecule has 0 N–H and O–H groups in total. The molecule has 0 bridgehead atoms. The van der Waals surface area contributed by atoms with Crippen LogP contribution >= 0.6 is 0 Å². The minimum atomic E-state index is -0.122. The molecule has 0 saturated carbocycles. The highest BCUT2D eigenvalue weighted by atomic mass is 16.5. The number of carbonyl (C=O) groups is 1. The number of carbonyl (C=O) groups excluding carboxylic acids is 1. The normalized spacial score (nSPS) is 10.6. The molecule has 4 nitrogen and oxygen atoms in total. The van der Waals surface area contributed by atoms with Crippen molar-refractivity contribution in [3.05, 3.63) is 70.8 Å². The fourth-order valence-corrected chi connectivity index (χ4v) is 2.70. The molecular weight excluding hydrogens is 340 g/mol. The minimum absolute atomic E-state index is 0.122. The van der Waals surface area contributed by atoms with Gasteiger partial charge < -0.3 is 14.2 Å². The van der Waals surface area contributed by atoms with Crippen molar-refractivity contribution >= 4 is 11.9 Å². The van der Waals surface area contributed by atoms with E-state index in [2.05, 4.69) is 6.08 Å². The number of methoxy groups -OCH3 is 3. The SMILES string of the molecule is COc1ccc(/C=C/C(=O)c2ccc(OC)c(CC=C(C)C)c2OC)cc1. The third-order valence-corrected chi connectivity index (χ3v) is 4.16.